The maximum Gasteiger partial charge on any atom is 0.151 e. The Balaban J connectivity index is 1.60. The quantitative estimate of drug-likeness (QED) is 0.687. The van der Waals surface area contributed by atoms with Gasteiger partial charge in [-0.2, -0.15) is 0 Å². The Bertz CT molecular complexity index is 535. The van der Waals surface area contributed by atoms with Crippen molar-refractivity contribution in [3.05, 3.63) is 18.2 Å². The third kappa shape index (κ3) is 2.79. The van der Waals surface area contributed by atoms with Crippen molar-refractivity contribution in [2.75, 3.05) is 18.1 Å². The van der Waals surface area contributed by atoms with Gasteiger partial charge >= 0.3 is 0 Å². The minimum atomic E-state index is 0.475. The molecule has 1 aliphatic heterocycles. The van der Waals surface area contributed by atoms with Crippen LogP contribution in [0.25, 0.3) is 10.2 Å². The number of nitrogens with two attached hydrogens (primary N) is 1. The molecule has 1 aromatic carbocycles. The van der Waals surface area contributed by atoms with Crippen LogP contribution in [-0.2, 0) is 4.74 Å². The number of hydrogen-bond acceptors (Lipinski definition) is 5. The number of hydrogen-bond donors (Lipinski definition) is 1. The van der Waals surface area contributed by atoms with E-state index < -0.39 is 0 Å². The van der Waals surface area contributed by atoms with Crippen LogP contribution in [0, 0.1) is 0 Å². The molecule has 1 saturated heterocycles. The van der Waals surface area contributed by atoms with E-state index in [2.05, 4.69) is 4.98 Å². The predicted molar refractivity (Wildman–Crippen MR) is 78.3 cm³/mol. The topological polar surface area (TPSA) is 48.1 Å². The predicted octanol–water partition coefficient (Wildman–Crippen LogP) is 3.54. The molecule has 1 aliphatic rings. The van der Waals surface area contributed by atoms with Gasteiger partial charge in [0.05, 0.1) is 16.3 Å². The van der Waals surface area contributed by atoms with Gasteiger partial charge in [-0.1, -0.05) is 11.8 Å². The third-order valence-corrected chi connectivity index (χ3v) is 5.28. The summed E-state index contributed by atoms with van der Waals surface area (Å²) >= 11 is 3.55. The highest BCUT2D eigenvalue weighted by Gasteiger charge is 2.15. The van der Waals surface area contributed by atoms with Gasteiger partial charge in [0.2, 0.25) is 0 Å². The van der Waals surface area contributed by atoms with Crippen LogP contribution in [0.4, 0.5) is 5.69 Å². The van der Waals surface area contributed by atoms with Crippen molar-refractivity contribution in [2.24, 2.45) is 0 Å². The number of fused-ring (bicyclic) bond motifs is 1. The van der Waals surface area contributed by atoms with Gasteiger partial charge in [0.25, 0.3) is 0 Å². The van der Waals surface area contributed by atoms with Gasteiger partial charge in [-0.15, -0.1) is 11.3 Å². The van der Waals surface area contributed by atoms with Crippen LogP contribution in [0.1, 0.15) is 19.3 Å². The van der Waals surface area contributed by atoms with Crippen molar-refractivity contribution in [3.8, 4) is 0 Å². The molecule has 96 valence electrons. The Morgan fingerprint density at radius 2 is 2.44 bits per heavy atom. The van der Waals surface area contributed by atoms with E-state index >= 15 is 0 Å². The number of thiazole rings is 1. The van der Waals surface area contributed by atoms with E-state index in [9.17, 15) is 0 Å². The summed E-state index contributed by atoms with van der Waals surface area (Å²) < 4.78 is 7.93. The maximum atomic E-state index is 5.77. The molecule has 2 heterocycles. The van der Waals surface area contributed by atoms with Crippen LogP contribution in [0.15, 0.2) is 22.5 Å². The standard InChI is InChI=1S/C13H16N2OS2/c14-9-3-4-11-12(8-9)18-13(15-11)17-7-5-10-2-1-6-16-10/h3-4,8,10H,1-2,5-7,14H2. The van der Waals surface area contributed by atoms with Crippen LogP contribution in [0.5, 0.6) is 0 Å². The number of rotatable bonds is 4. The lowest BCUT2D eigenvalue weighted by atomic mass is 10.2. The lowest BCUT2D eigenvalue weighted by Gasteiger charge is -2.06. The van der Waals surface area contributed by atoms with Crippen molar-refractivity contribution >= 4 is 39.0 Å². The first kappa shape index (κ1) is 12.3. The van der Waals surface area contributed by atoms with Crippen molar-refractivity contribution in [2.45, 2.75) is 29.7 Å². The molecule has 2 N–H and O–H groups in total. The molecule has 3 nitrogen and oxygen atoms in total. The molecule has 0 spiro atoms. The summed E-state index contributed by atoms with van der Waals surface area (Å²) in [6.07, 6.45) is 4.04. The first-order valence-electron chi connectivity index (χ1n) is 6.22. The van der Waals surface area contributed by atoms with E-state index in [1.54, 1.807) is 11.3 Å². The van der Waals surface area contributed by atoms with Gasteiger partial charge in [0.1, 0.15) is 0 Å². The summed E-state index contributed by atoms with van der Waals surface area (Å²) in [4.78, 5) is 4.60. The third-order valence-electron chi connectivity index (χ3n) is 3.08. The van der Waals surface area contributed by atoms with E-state index in [1.807, 2.05) is 30.0 Å². The molecule has 2 aromatic rings. The summed E-state index contributed by atoms with van der Waals surface area (Å²) in [5.41, 5.74) is 7.63. The fourth-order valence-corrected chi connectivity index (χ4v) is 4.35. The van der Waals surface area contributed by atoms with Crippen LogP contribution >= 0.6 is 23.1 Å². The van der Waals surface area contributed by atoms with E-state index in [-0.39, 0.29) is 0 Å². The molecule has 1 unspecified atom stereocenters. The fraction of sp³-hybridized carbons (Fsp3) is 0.462. The van der Waals surface area contributed by atoms with Crippen molar-refractivity contribution in [1.29, 1.82) is 0 Å². The zero-order valence-electron chi connectivity index (χ0n) is 10.1. The van der Waals surface area contributed by atoms with Crippen molar-refractivity contribution in [3.63, 3.8) is 0 Å². The van der Waals surface area contributed by atoms with Gasteiger partial charge in [-0.3, -0.25) is 0 Å². The average molecular weight is 280 g/mol. The summed E-state index contributed by atoms with van der Waals surface area (Å²) in [6, 6.07) is 5.89. The number of ether oxygens (including phenoxy) is 1. The molecule has 0 aliphatic carbocycles. The Labute approximate surface area is 115 Å². The van der Waals surface area contributed by atoms with Crippen LogP contribution in [-0.4, -0.2) is 23.4 Å². The highest BCUT2D eigenvalue weighted by atomic mass is 32.2. The highest BCUT2D eigenvalue weighted by molar-refractivity contribution is 8.01. The number of nitrogens with zero attached hydrogens (tertiary/aromatic N) is 1. The smallest absolute Gasteiger partial charge is 0.151 e. The number of thioether (sulfide) groups is 1. The molecule has 1 atom stereocenters. The summed E-state index contributed by atoms with van der Waals surface area (Å²) in [5, 5.41) is 0. The molecule has 0 radical (unpaired) electrons. The second-order valence-corrected chi connectivity index (χ2v) is 6.85. The number of aromatic nitrogens is 1. The first-order valence-corrected chi connectivity index (χ1v) is 8.02. The van der Waals surface area contributed by atoms with Crippen LogP contribution in [0.3, 0.4) is 0 Å². The number of anilines is 1. The Hall–Kier alpha value is -0.780. The van der Waals surface area contributed by atoms with E-state index in [0.29, 0.717) is 6.10 Å². The lowest BCUT2D eigenvalue weighted by Crippen LogP contribution is -2.05. The minimum Gasteiger partial charge on any atom is -0.399 e. The average Bonchev–Trinajstić information content (AvgIpc) is 2.97. The summed E-state index contributed by atoms with van der Waals surface area (Å²) in [7, 11) is 0. The van der Waals surface area contributed by atoms with Crippen molar-refractivity contribution < 1.29 is 4.74 Å². The summed E-state index contributed by atoms with van der Waals surface area (Å²) in [6.45, 7) is 0.940. The second-order valence-electron chi connectivity index (χ2n) is 4.48. The molecule has 0 saturated carbocycles. The Morgan fingerprint density at radius 3 is 3.28 bits per heavy atom. The van der Waals surface area contributed by atoms with Gasteiger partial charge < -0.3 is 10.5 Å². The first-order chi connectivity index (χ1) is 8.81. The molecule has 1 aromatic heterocycles. The SMILES string of the molecule is Nc1ccc2nc(SCCC3CCCO3)sc2c1. The highest BCUT2D eigenvalue weighted by Crippen LogP contribution is 2.31. The molecule has 1 fully saturated rings. The monoisotopic (exact) mass is 280 g/mol. The van der Waals surface area contributed by atoms with Gasteiger partial charge in [-0.05, 0) is 37.5 Å². The Morgan fingerprint density at radius 1 is 1.50 bits per heavy atom. The normalized spacial score (nSPS) is 19.7. The molecule has 0 amide bonds. The van der Waals surface area contributed by atoms with Crippen LogP contribution in [0.2, 0.25) is 0 Å². The Kier molecular flexibility index (Phi) is 3.72. The molecule has 0 bridgehead atoms. The summed E-state index contributed by atoms with van der Waals surface area (Å²) in [5.74, 6) is 1.08. The van der Waals surface area contributed by atoms with Gasteiger partial charge in [-0.25, -0.2) is 4.98 Å². The molecule has 5 heteroatoms. The van der Waals surface area contributed by atoms with Gasteiger partial charge in [0, 0.05) is 18.0 Å². The number of nitrogen functional groups attached to an aromatic ring is 1. The fourth-order valence-electron chi connectivity index (χ4n) is 2.13. The van der Waals surface area contributed by atoms with E-state index in [4.69, 9.17) is 10.5 Å². The zero-order valence-corrected chi connectivity index (χ0v) is 11.7. The van der Waals surface area contributed by atoms with Crippen LogP contribution < -0.4 is 5.73 Å². The molecule has 3 rings (SSSR count). The minimum absolute atomic E-state index is 0.475. The maximum absolute atomic E-state index is 5.77. The van der Waals surface area contributed by atoms with E-state index in [1.165, 1.54) is 17.5 Å². The second kappa shape index (κ2) is 5.47. The largest absolute Gasteiger partial charge is 0.399 e. The lowest BCUT2D eigenvalue weighted by molar-refractivity contribution is 0.109. The zero-order chi connectivity index (χ0) is 12.4. The van der Waals surface area contributed by atoms with E-state index in [0.717, 1.165) is 34.3 Å². The van der Waals surface area contributed by atoms with Crippen molar-refractivity contribution in [1.82, 2.24) is 4.98 Å². The molecular formula is C13H16N2OS2. The van der Waals surface area contributed by atoms with Gasteiger partial charge in [0.15, 0.2) is 4.34 Å². The molecule has 18 heavy (non-hydrogen) atoms. The molecular weight excluding hydrogens is 264 g/mol. The number of benzene rings is 1.